The molecule has 0 bridgehead atoms. The molecule has 0 saturated carbocycles. The van der Waals surface area contributed by atoms with E-state index in [2.05, 4.69) is 0 Å². The van der Waals surface area contributed by atoms with Crippen LogP contribution in [0, 0.1) is 0 Å². The van der Waals surface area contributed by atoms with Crippen molar-refractivity contribution in [2.45, 2.75) is 38.7 Å². The molecule has 2 aliphatic heterocycles. The summed E-state index contributed by atoms with van der Waals surface area (Å²) in [5.74, 6) is 1.61. The molecule has 1 aromatic carbocycles. The van der Waals surface area contributed by atoms with Crippen molar-refractivity contribution in [1.82, 2.24) is 4.90 Å². The highest BCUT2D eigenvalue weighted by atomic mass is 16.7. The van der Waals surface area contributed by atoms with Gasteiger partial charge in [-0.2, -0.15) is 0 Å². The van der Waals surface area contributed by atoms with Gasteiger partial charge in [0.2, 0.25) is 12.7 Å². The number of ether oxygens (including phenoxy) is 3. The van der Waals surface area contributed by atoms with Gasteiger partial charge in [-0.3, -0.25) is 4.79 Å². The highest BCUT2D eigenvalue weighted by molar-refractivity contribution is 5.79. The first-order valence-corrected chi connectivity index (χ1v) is 8.04. The first-order chi connectivity index (χ1) is 10.8. The van der Waals surface area contributed by atoms with E-state index < -0.39 is 0 Å². The lowest BCUT2D eigenvalue weighted by atomic mass is 10.1. The lowest BCUT2D eigenvalue weighted by Gasteiger charge is -2.29. The molecule has 0 spiro atoms. The summed E-state index contributed by atoms with van der Waals surface area (Å²) in [6, 6.07) is 5.69. The number of likely N-dealkylation sites (N-methyl/N-ethyl adjacent to an activating group) is 1. The number of fused-ring (bicyclic) bond motifs is 1. The summed E-state index contributed by atoms with van der Waals surface area (Å²) in [6.07, 6.45) is 3.95. The van der Waals surface area contributed by atoms with Gasteiger partial charge in [-0.25, -0.2) is 0 Å². The lowest BCUT2D eigenvalue weighted by molar-refractivity contribution is -0.132. The van der Waals surface area contributed by atoms with Crippen LogP contribution in [0.3, 0.4) is 0 Å². The molecule has 22 heavy (non-hydrogen) atoms. The Labute approximate surface area is 131 Å². The van der Waals surface area contributed by atoms with Crippen molar-refractivity contribution >= 4 is 5.91 Å². The molecule has 3 rings (SSSR count). The maximum absolute atomic E-state index is 12.5. The molecule has 120 valence electrons. The van der Waals surface area contributed by atoms with Crippen molar-refractivity contribution in [1.29, 1.82) is 0 Å². The molecule has 0 N–H and O–H groups in total. The van der Waals surface area contributed by atoms with Gasteiger partial charge in [0.25, 0.3) is 0 Å². The zero-order valence-electron chi connectivity index (χ0n) is 13.0. The number of hydrogen-bond donors (Lipinski definition) is 0. The molecule has 1 aromatic rings. The Hall–Kier alpha value is -1.75. The topological polar surface area (TPSA) is 48.0 Å². The summed E-state index contributed by atoms with van der Waals surface area (Å²) >= 11 is 0. The van der Waals surface area contributed by atoms with E-state index in [1.54, 1.807) is 0 Å². The first kappa shape index (κ1) is 15.2. The number of nitrogens with zero attached hydrogens (tertiary/aromatic N) is 1. The van der Waals surface area contributed by atoms with Crippen molar-refractivity contribution in [2.24, 2.45) is 0 Å². The number of amides is 1. The highest BCUT2D eigenvalue weighted by Gasteiger charge is 2.21. The molecule has 0 aliphatic carbocycles. The zero-order valence-corrected chi connectivity index (χ0v) is 13.0. The van der Waals surface area contributed by atoms with Crippen LogP contribution in [0.2, 0.25) is 0 Å². The van der Waals surface area contributed by atoms with Gasteiger partial charge < -0.3 is 19.1 Å². The first-order valence-electron chi connectivity index (χ1n) is 8.04. The van der Waals surface area contributed by atoms with E-state index in [1.165, 1.54) is 6.42 Å². The Morgan fingerprint density at radius 1 is 1.27 bits per heavy atom. The molecule has 1 fully saturated rings. The molecule has 1 amide bonds. The third-order valence-electron chi connectivity index (χ3n) is 4.22. The van der Waals surface area contributed by atoms with Gasteiger partial charge in [0.05, 0.1) is 12.5 Å². The van der Waals surface area contributed by atoms with E-state index >= 15 is 0 Å². The maximum Gasteiger partial charge on any atom is 0.231 e. The van der Waals surface area contributed by atoms with E-state index in [1.807, 2.05) is 30.0 Å². The smallest absolute Gasteiger partial charge is 0.231 e. The van der Waals surface area contributed by atoms with Crippen LogP contribution in [0.15, 0.2) is 18.2 Å². The summed E-state index contributed by atoms with van der Waals surface area (Å²) in [5.41, 5.74) is 0.956. The maximum atomic E-state index is 12.5. The predicted molar refractivity (Wildman–Crippen MR) is 82.1 cm³/mol. The highest BCUT2D eigenvalue weighted by Crippen LogP contribution is 2.32. The number of carbonyl (C=O) groups excluding carboxylic acids is 1. The SMILES string of the molecule is CCN(CC1CCCCO1)C(=O)Cc1ccc2c(c1)OCO2. The van der Waals surface area contributed by atoms with Gasteiger partial charge in [0.1, 0.15) is 0 Å². The third kappa shape index (κ3) is 3.53. The Kier molecular flexibility index (Phi) is 4.83. The summed E-state index contributed by atoms with van der Waals surface area (Å²) in [4.78, 5) is 14.4. The summed E-state index contributed by atoms with van der Waals surface area (Å²) in [7, 11) is 0. The fourth-order valence-electron chi connectivity index (χ4n) is 2.94. The number of rotatable bonds is 5. The minimum atomic E-state index is 0.135. The molecule has 0 aromatic heterocycles. The second-order valence-electron chi connectivity index (χ2n) is 5.79. The van der Waals surface area contributed by atoms with Crippen LogP contribution in [-0.2, 0) is 16.0 Å². The Bertz CT molecular complexity index is 525. The van der Waals surface area contributed by atoms with E-state index in [4.69, 9.17) is 14.2 Å². The summed E-state index contributed by atoms with van der Waals surface area (Å²) in [5, 5.41) is 0. The molecule has 1 atom stereocenters. The Morgan fingerprint density at radius 3 is 2.91 bits per heavy atom. The van der Waals surface area contributed by atoms with Crippen LogP contribution in [-0.4, -0.2) is 43.4 Å². The molecule has 1 saturated heterocycles. The number of hydrogen-bond acceptors (Lipinski definition) is 4. The second kappa shape index (κ2) is 7.01. The van der Waals surface area contributed by atoms with Gasteiger partial charge in [-0.05, 0) is 43.9 Å². The summed E-state index contributed by atoms with van der Waals surface area (Å²) < 4.78 is 16.4. The van der Waals surface area contributed by atoms with E-state index in [0.29, 0.717) is 19.5 Å². The molecule has 2 heterocycles. The molecule has 2 aliphatic rings. The predicted octanol–water partition coefficient (Wildman–Crippen LogP) is 2.38. The lowest BCUT2D eigenvalue weighted by Crippen LogP contribution is -2.40. The van der Waals surface area contributed by atoms with Crippen LogP contribution in [0.25, 0.3) is 0 Å². The van der Waals surface area contributed by atoms with Crippen LogP contribution >= 0.6 is 0 Å². The zero-order chi connectivity index (χ0) is 15.4. The van der Waals surface area contributed by atoms with Crippen molar-refractivity contribution in [2.75, 3.05) is 26.5 Å². The average Bonchev–Trinajstić information content (AvgIpc) is 3.01. The fourth-order valence-corrected chi connectivity index (χ4v) is 2.94. The van der Waals surface area contributed by atoms with Gasteiger partial charge in [0.15, 0.2) is 11.5 Å². The van der Waals surface area contributed by atoms with Crippen LogP contribution in [0.4, 0.5) is 0 Å². The normalized spacial score (nSPS) is 20.0. The average molecular weight is 305 g/mol. The molecular weight excluding hydrogens is 282 g/mol. The minimum absolute atomic E-state index is 0.135. The second-order valence-corrected chi connectivity index (χ2v) is 5.79. The van der Waals surface area contributed by atoms with Gasteiger partial charge in [0, 0.05) is 19.7 Å². The number of carbonyl (C=O) groups is 1. The Morgan fingerprint density at radius 2 is 2.14 bits per heavy atom. The van der Waals surface area contributed by atoms with Crippen LogP contribution in [0.1, 0.15) is 31.7 Å². The van der Waals surface area contributed by atoms with E-state index in [9.17, 15) is 4.79 Å². The molecule has 5 heteroatoms. The van der Waals surface area contributed by atoms with E-state index in [-0.39, 0.29) is 18.8 Å². The third-order valence-corrected chi connectivity index (χ3v) is 4.22. The van der Waals surface area contributed by atoms with Crippen molar-refractivity contribution in [3.63, 3.8) is 0 Å². The quantitative estimate of drug-likeness (QED) is 0.838. The summed E-state index contributed by atoms with van der Waals surface area (Å²) in [6.45, 7) is 4.49. The molecular formula is C17H23NO4. The van der Waals surface area contributed by atoms with E-state index in [0.717, 1.165) is 36.5 Å². The number of benzene rings is 1. The fraction of sp³-hybridized carbons (Fsp3) is 0.588. The van der Waals surface area contributed by atoms with Crippen LogP contribution in [0.5, 0.6) is 11.5 Å². The van der Waals surface area contributed by atoms with Crippen molar-refractivity contribution < 1.29 is 19.0 Å². The Balaban J connectivity index is 1.59. The molecule has 1 unspecified atom stereocenters. The largest absolute Gasteiger partial charge is 0.454 e. The standard InChI is InChI=1S/C17H23NO4/c1-2-18(11-14-5-3-4-8-20-14)17(19)10-13-6-7-15-16(9-13)22-12-21-15/h6-7,9,14H,2-5,8,10-12H2,1H3. The molecule has 5 nitrogen and oxygen atoms in total. The van der Waals surface area contributed by atoms with Gasteiger partial charge >= 0.3 is 0 Å². The van der Waals surface area contributed by atoms with Crippen LogP contribution < -0.4 is 9.47 Å². The van der Waals surface area contributed by atoms with Gasteiger partial charge in [-0.1, -0.05) is 6.07 Å². The van der Waals surface area contributed by atoms with Crippen molar-refractivity contribution in [3.05, 3.63) is 23.8 Å². The monoisotopic (exact) mass is 305 g/mol. The van der Waals surface area contributed by atoms with Gasteiger partial charge in [-0.15, -0.1) is 0 Å². The molecule has 0 radical (unpaired) electrons. The minimum Gasteiger partial charge on any atom is -0.454 e. The van der Waals surface area contributed by atoms with Crippen molar-refractivity contribution in [3.8, 4) is 11.5 Å².